The second-order valence-electron chi connectivity index (χ2n) is 4.52. The average Bonchev–Trinajstić information content (AvgIpc) is 2.81. The molecule has 0 saturated carbocycles. The Balaban J connectivity index is 2.03. The van der Waals surface area contributed by atoms with E-state index in [2.05, 4.69) is 10.3 Å². The molecule has 0 aliphatic heterocycles. The molecule has 1 N–H and O–H groups in total. The lowest BCUT2D eigenvalue weighted by Crippen LogP contribution is -2.01. The van der Waals surface area contributed by atoms with Gasteiger partial charge in [0.05, 0.1) is 16.4 Å². The number of aryl methyl sites for hydroxylation is 1. The Kier molecular flexibility index (Phi) is 3.44. The van der Waals surface area contributed by atoms with Crippen LogP contribution in [0.5, 0.6) is 0 Å². The molecule has 0 saturated heterocycles. The van der Waals surface area contributed by atoms with Crippen LogP contribution in [-0.4, -0.2) is 9.55 Å². The Labute approximate surface area is 122 Å². The van der Waals surface area contributed by atoms with Gasteiger partial charge in [-0.05, 0) is 31.2 Å². The van der Waals surface area contributed by atoms with Gasteiger partial charge in [-0.1, -0.05) is 41.9 Å². The highest BCUT2D eigenvalue weighted by Gasteiger charge is 2.10. The van der Waals surface area contributed by atoms with E-state index in [0.29, 0.717) is 5.02 Å². The second-order valence-corrected chi connectivity index (χ2v) is 4.93. The molecule has 0 aliphatic carbocycles. The summed E-state index contributed by atoms with van der Waals surface area (Å²) in [6.45, 7) is 1.96. The molecular weight excluding hydrogens is 270 g/mol. The first-order chi connectivity index (χ1) is 9.74. The third-order valence-electron chi connectivity index (χ3n) is 2.97. The van der Waals surface area contributed by atoms with Crippen LogP contribution < -0.4 is 5.32 Å². The highest BCUT2D eigenvalue weighted by atomic mass is 35.5. The van der Waals surface area contributed by atoms with E-state index in [1.54, 1.807) is 0 Å². The quantitative estimate of drug-likeness (QED) is 0.762. The lowest BCUT2D eigenvalue weighted by Gasteiger charge is -2.11. The molecule has 3 rings (SSSR count). The van der Waals surface area contributed by atoms with Crippen molar-refractivity contribution in [2.45, 2.75) is 6.92 Å². The predicted octanol–water partition coefficient (Wildman–Crippen LogP) is 4.58. The van der Waals surface area contributed by atoms with Gasteiger partial charge >= 0.3 is 0 Å². The molecule has 2 aromatic carbocycles. The molecule has 0 spiro atoms. The molecule has 1 heterocycles. The molecule has 0 amide bonds. The first-order valence-corrected chi connectivity index (χ1v) is 6.75. The normalized spacial score (nSPS) is 10.5. The highest BCUT2D eigenvalue weighted by Crippen LogP contribution is 2.25. The number of hydrogen-bond donors (Lipinski definition) is 1. The summed E-state index contributed by atoms with van der Waals surface area (Å²) in [5.74, 6) is 0.752. The van der Waals surface area contributed by atoms with Crippen molar-refractivity contribution in [1.82, 2.24) is 9.55 Å². The molecule has 0 aliphatic rings. The van der Waals surface area contributed by atoms with Crippen molar-refractivity contribution in [2.75, 3.05) is 5.32 Å². The Morgan fingerprint density at radius 3 is 2.45 bits per heavy atom. The summed E-state index contributed by atoms with van der Waals surface area (Å²) in [5, 5.41) is 4.01. The van der Waals surface area contributed by atoms with E-state index in [0.717, 1.165) is 23.0 Å². The van der Waals surface area contributed by atoms with Crippen LogP contribution in [0, 0.1) is 6.92 Å². The molecular formula is C16H14ClN3. The van der Waals surface area contributed by atoms with Crippen LogP contribution in [0.1, 0.15) is 5.69 Å². The largest absolute Gasteiger partial charge is 0.325 e. The van der Waals surface area contributed by atoms with Crippen molar-refractivity contribution in [3.63, 3.8) is 0 Å². The third kappa shape index (κ3) is 2.53. The summed E-state index contributed by atoms with van der Waals surface area (Å²) in [6.07, 6.45) is 1.96. The lowest BCUT2D eigenvalue weighted by atomic mass is 10.3. The first-order valence-electron chi connectivity index (χ1n) is 6.37. The van der Waals surface area contributed by atoms with Crippen molar-refractivity contribution >= 4 is 23.2 Å². The van der Waals surface area contributed by atoms with E-state index < -0.39 is 0 Å². The molecule has 0 atom stereocenters. The molecule has 3 nitrogen and oxygen atoms in total. The van der Waals surface area contributed by atoms with Crippen molar-refractivity contribution in [3.05, 3.63) is 71.5 Å². The van der Waals surface area contributed by atoms with E-state index in [4.69, 9.17) is 11.6 Å². The van der Waals surface area contributed by atoms with Gasteiger partial charge in [0.2, 0.25) is 5.95 Å². The van der Waals surface area contributed by atoms with Crippen molar-refractivity contribution in [3.8, 4) is 5.69 Å². The zero-order valence-corrected chi connectivity index (χ0v) is 11.8. The minimum Gasteiger partial charge on any atom is -0.325 e. The maximum atomic E-state index is 6.27. The molecule has 0 unspecified atom stereocenters. The van der Waals surface area contributed by atoms with Gasteiger partial charge in [-0.2, -0.15) is 0 Å². The third-order valence-corrected chi connectivity index (χ3v) is 3.29. The van der Waals surface area contributed by atoms with E-state index in [9.17, 15) is 0 Å². The number of halogens is 1. The zero-order chi connectivity index (χ0) is 13.9. The number of benzene rings is 2. The van der Waals surface area contributed by atoms with Crippen LogP contribution in [-0.2, 0) is 0 Å². The minimum atomic E-state index is 0.695. The number of aromatic nitrogens is 2. The maximum absolute atomic E-state index is 6.27. The van der Waals surface area contributed by atoms with E-state index in [1.165, 1.54) is 0 Å². The Bertz CT molecular complexity index is 720. The molecule has 4 heteroatoms. The molecule has 0 radical (unpaired) electrons. The van der Waals surface area contributed by atoms with Crippen LogP contribution in [0.3, 0.4) is 0 Å². The van der Waals surface area contributed by atoms with Crippen molar-refractivity contribution in [1.29, 1.82) is 0 Å². The zero-order valence-electron chi connectivity index (χ0n) is 11.0. The van der Waals surface area contributed by atoms with Gasteiger partial charge < -0.3 is 5.32 Å². The van der Waals surface area contributed by atoms with Gasteiger partial charge in [0, 0.05) is 11.9 Å². The fourth-order valence-electron chi connectivity index (χ4n) is 2.07. The number of rotatable bonds is 3. The monoisotopic (exact) mass is 283 g/mol. The van der Waals surface area contributed by atoms with Gasteiger partial charge in [-0.15, -0.1) is 0 Å². The number of para-hydroxylation sites is 2. The van der Waals surface area contributed by atoms with Gasteiger partial charge in [0.15, 0.2) is 0 Å². The molecule has 0 fully saturated rings. The SMILES string of the molecule is Cc1cn(-c2ccccc2Cl)c(Nc2ccccc2)n1. The first kappa shape index (κ1) is 12.8. The standard InChI is InChI=1S/C16H14ClN3/c1-12-11-20(15-10-6-5-9-14(15)17)16(18-12)19-13-7-3-2-4-8-13/h2-11H,1H3,(H,18,19). The Hall–Kier alpha value is -2.26. The second kappa shape index (κ2) is 5.39. The van der Waals surface area contributed by atoms with E-state index >= 15 is 0 Å². The number of nitrogens with one attached hydrogen (secondary N) is 1. The summed E-state index contributed by atoms with van der Waals surface area (Å²) in [7, 11) is 0. The van der Waals surface area contributed by atoms with Gasteiger partial charge in [0.1, 0.15) is 0 Å². The topological polar surface area (TPSA) is 29.9 Å². The van der Waals surface area contributed by atoms with E-state index in [1.807, 2.05) is 72.3 Å². The molecule has 20 heavy (non-hydrogen) atoms. The van der Waals surface area contributed by atoms with Crippen LogP contribution >= 0.6 is 11.6 Å². The lowest BCUT2D eigenvalue weighted by molar-refractivity contribution is 1.06. The number of hydrogen-bond acceptors (Lipinski definition) is 2. The summed E-state index contributed by atoms with van der Waals surface area (Å²) in [5.41, 5.74) is 2.84. The van der Waals surface area contributed by atoms with Gasteiger partial charge in [-0.25, -0.2) is 4.98 Å². The van der Waals surface area contributed by atoms with Crippen molar-refractivity contribution < 1.29 is 0 Å². The molecule has 0 bridgehead atoms. The molecule has 3 aromatic rings. The Morgan fingerprint density at radius 2 is 1.70 bits per heavy atom. The fraction of sp³-hybridized carbons (Fsp3) is 0.0625. The number of anilines is 2. The summed E-state index contributed by atoms with van der Waals surface area (Å²) >= 11 is 6.27. The number of nitrogens with zero attached hydrogens (tertiary/aromatic N) is 2. The smallest absolute Gasteiger partial charge is 0.212 e. The predicted molar refractivity (Wildman–Crippen MR) is 83.0 cm³/mol. The highest BCUT2D eigenvalue weighted by molar-refractivity contribution is 6.32. The van der Waals surface area contributed by atoms with E-state index in [-0.39, 0.29) is 0 Å². The maximum Gasteiger partial charge on any atom is 0.212 e. The summed E-state index contributed by atoms with van der Waals surface area (Å²) < 4.78 is 1.96. The Morgan fingerprint density at radius 1 is 1.00 bits per heavy atom. The molecule has 100 valence electrons. The number of imidazole rings is 1. The van der Waals surface area contributed by atoms with Crippen LogP contribution in [0.25, 0.3) is 5.69 Å². The van der Waals surface area contributed by atoms with Crippen LogP contribution in [0.15, 0.2) is 60.8 Å². The van der Waals surface area contributed by atoms with Crippen LogP contribution in [0.4, 0.5) is 11.6 Å². The van der Waals surface area contributed by atoms with Crippen molar-refractivity contribution in [2.24, 2.45) is 0 Å². The fourth-order valence-corrected chi connectivity index (χ4v) is 2.29. The average molecular weight is 284 g/mol. The summed E-state index contributed by atoms with van der Waals surface area (Å²) in [6, 6.07) is 17.7. The minimum absolute atomic E-state index is 0.695. The van der Waals surface area contributed by atoms with Gasteiger partial charge in [-0.3, -0.25) is 4.57 Å². The molecule has 1 aromatic heterocycles. The summed E-state index contributed by atoms with van der Waals surface area (Å²) in [4.78, 5) is 4.52. The van der Waals surface area contributed by atoms with Crippen LogP contribution in [0.2, 0.25) is 5.02 Å². The van der Waals surface area contributed by atoms with Gasteiger partial charge in [0.25, 0.3) is 0 Å².